The van der Waals surface area contributed by atoms with Crippen LogP contribution in [0.3, 0.4) is 0 Å². The Labute approximate surface area is 369 Å². The van der Waals surface area contributed by atoms with E-state index in [-0.39, 0.29) is 18.2 Å². The van der Waals surface area contributed by atoms with Gasteiger partial charge < -0.3 is 43.8 Å². The van der Waals surface area contributed by atoms with Crippen molar-refractivity contribution in [3.05, 3.63) is 101 Å². The predicted octanol–water partition coefficient (Wildman–Crippen LogP) is 8.15. The van der Waals surface area contributed by atoms with Gasteiger partial charge in [-0.1, -0.05) is 92.8 Å². The van der Waals surface area contributed by atoms with Crippen molar-refractivity contribution in [3.8, 4) is 5.75 Å². The Morgan fingerprint density at radius 2 is 1.63 bits per heavy atom. The van der Waals surface area contributed by atoms with E-state index in [4.69, 9.17) is 14.2 Å². The van der Waals surface area contributed by atoms with Crippen LogP contribution >= 0.6 is 7.82 Å². The summed E-state index contributed by atoms with van der Waals surface area (Å²) in [7, 11) is -4.98. The number of aryl methyl sites for hydroxylation is 1. The summed E-state index contributed by atoms with van der Waals surface area (Å²) < 4.78 is 34.8. The molecule has 4 unspecified atom stereocenters. The number of piperidine rings is 3. The summed E-state index contributed by atoms with van der Waals surface area (Å²) in [5.41, 5.74) is 5.53. The quantitative estimate of drug-likeness (QED) is 0.0369. The Morgan fingerprint density at radius 3 is 2.42 bits per heavy atom. The number of hydrogen-bond acceptors (Lipinski definition) is 9. The maximum absolute atomic E-state index is 14.3. The molecule has 2 bridgehead atoms. The van der Waals surface area contributed by atoms with Crippen LogP contribution in [0.5, 0.6) is 5.75 Å². The van der Waals surface area contributed by atoms with Crippen LogP contribution in [0.2, 0.25) is 0 Å². The summed E-state index contributed by atoms with van der Waals surface area (Å²) in [4.78, 5) is 36.9. The predicted molar refractivity (Wildman–Crippen MR) is 237 cm³/mol. The molecule has 1 amide bonds. The molecule has 3 N–H and O–H groups in total. The summed E-state index contributed by atoms with van der Waals surface area (Å²) in [6, 6.07) is 24.7. The number of fused-ring (bicyclic) bond motifs is 4. The number of benzene rings is 3. The maximum atomic E-state index is 14.3. The number of carbonyl (C=O) groups is 1. The van der Waals surface area contributed by atoms with Gasteiger partial charge in [0.15, 0.2) is 12.9 Å². The average molecular weight is 876 g/mol. The third-order valence-corrected chi connectivity index (χ3v) is 14.4. The molecule has 5 aliphatic rings. The third kappa shape index (κ3) is 13.4. The fraction of sp³-hybridized carbons (Fsp3) is 0.612. The van der Waals surface area contributed by atoms with Crippen LogP contribution in [-0.4, -0.2) is 90.9 Å². The van der Waals surface area contributed by atoms with E-state index >= 15 is 0 Å². The van der Waals surface area contributed by atoms with Crippen molar-refractivity contribution in [1.82, 2.24) is 10.2 Å². The van der Waals surface area contributed by atoms with Crippen molar-refractivity contribution >= 4 is 13.9 Å². The standard InChI is InChI=1S/C49H70N3O9P/c53-45(34-50-27-12-1-2-13-31-58-32-14-11-17-38-15-5-3-6-16-38)42-22-23-46(59-37-60-62(55,56)57)43(33-42)35-52-29-25-40(26-30-52)47(36-52)61-49(54)51-28-24-39-18-9-10-21-44(39)48(51)41-19-7-4-8-20-41/h3,5-6,9-10,15-16,18,21-23,33,40-41,45,47-48,50,53H,1-2,4,7-8,11-14,17,19-20,24-32,34-37H2,(H-,55,56,57). The molecule has 8 rings (SSSR count). The number of ether oxygens (including phenoxy) is 3. The van der Waals surface area contributed by atoms with Crippen LogP contribution in [0.15, 0.2) is 72.8 Å². The van der Waals surface area contributed by atoms with Crippen LogP contribution in [0, 0.1) is 11.8 Å². The van der Waals surface area contributed by atoms with Crippen molar-refractivity contribution in [3.63, 3.8) is 0 Å². The van der Waals surface area contributed by atoms with Gasteiger partial charge in [-0.25, -0.2) is 4.79 Å². The van der Waals surface area contributed by atoms with Gasteiger partial charge in [-0.05, 0) is 98.2 Å². The molecule has 1 saturated carbocycles. The molecule has 4 aliphatic heterocycles. The lowest BCUT2D eigenvalue weighted by Gasteiger charge is -2.52. The monoisotopic (exact) mass is 875 g/mol. The zero-order chi connectivity index (χ0) is 43.2. The molecule has 3 saturated heterocycles. The number of carbonyl (C=O) groups excluding carboxylic acids is 1. The fourth-order valence-electron chi connectivity index (χ4n) is 10.6. The average Bonchev–Trinajstić information content (AvgIpc) is 3.28. The maximum Gasteiger partial charge on any atom is 0.410 e. The molecular formula is C49H70N3O9P. The molecule has 0 spiro atoms. The minimum Gasteiger partial charge on any atom is -0.756 e. The number of nitrogens with one attached hydrogen (secondary N) is 1. The molecule has 3 aromatic carbocycles. The number of hydrogen-bond donors (Lipinski definition) is 3. The normalized spacial score (nSPS) is 24.0. The number of nitrogens with zero attached hydrogens (tertiary/aromatic N) is 2. The Balaban J connectivity index is 0.903. The highest BCUT2D eigenvalue weighted by molar-refractivity contribution is 7.44. The summed E-state index contributed by atoms with van der Waals surface area (Å²) >= 11 is 0. The number of phosphoric ester groups is 1. The second-order valence-corrected chi connectivity index (χ2v) is 19.5. The molecule has 4 fully saturated rings. The van der Waals surface area contributed by atoms with Crippen molar-refractivity contribution in [2.75, 3.05) is 59.3 Å². The minimum absolute atomic E-state index is 0.0433. The highest BCUT2D eigenvalue weighted by Gasteiger charge is 2.49. The molecule has 62 heavy (non-hydrogen) atoms. The zero-order valence-corrected chi connectivity index (χ0v) is 37.5. The van der Waals surface area contributed by atoms with Gasteiger partial charge in [-0.15, -0.1) is 0 Å². The van der Waals surface area contributed by atoms with Crippen LogP contribution < -0.4 is 14.9 Å². The lowest BCUT2D eigenvalue weighted by atomic mass is 9.77. The highest BCUT2D eigenvalue weighted by Crippen LogP contribution is 2.44. The van der Waals surface area contributed by atoms with Crippen LogP contribution in [-0.2, 0) is 37.9 Å². The van der Waals surface area contributed by atoms with Gasteiger partial charge in [-0.2, -0.15) is 0 Å². The van der Waals surface area contributed by atoms with Gasteiger partial charge in [0.25, 0.3) is 7.82 Å². The van der Waals surface area contributed by atoms with Crippen molar-refractivity contribution in [2.45, 2.75) is 121 Å². The highest BCUT2D eigenvalue weighted by atomic mass is 31.2. The second kappa shape index (κ2) is 23.0. The Hall–Kier alpha value is -3.32. The number of aliphatic hydroxyl groups is 1. The Morgan fingerprint density at radius 1 is 0.887 bits per heavy atom. The summed E-state index contributed by atoms with van der Waals surface area (Å²) in [5, 5.41) is 14.7. The Bertz CT molecular complexity index is 1880. The van der Waals surface area contributed by atoms with Gasteiger partial charge in [0.2, 0.25) is 0 Å². The van der Waals surface area contributed by atoms with Gasteiger partial charge in [0, 0.05) is 50.6 Å². The smallest absolute Gasteiger partial charge is 0.410 e. The molecule has 1 aliphatic carbocycles. The second-order valence-electron chi connectivity index (χ2n) is 18.3. The molecule has 13 heteroatoms. The molecule has 3 aromatic rings. The first-order valence-corrected chi connectivity index (χ1v) is 25.0. The number of amides is 1. The van der Waals surface area contributed by atoms with E-state index in [0.29, 0.717) is 48.2 Å². The molecule has 12 nitrogen and oxygen atoms in total. The lowest BCUT2D eigenvalue weighted by Crippen LogP contribution is -2.64. The zero-order valence-electron chi connectivity index (χ0n) is 36.6. The summed E-state index contributed by atoms with van der Waals surface area (Å²) in [6.45, 7) is 5.84. The molecule has 340 valence electrons. The summed E-state index contributed by atoms with van der Waals surface area (Å²) in [6.07, 6.45) is 15.0. The van der Waals surface area contributed by atoms with Crippen molar-refractivity contribution in [2.24, 2.45) is 11.8 Å². The van der Waals surface area contributed by atoms with E-state index in [1.54, 1.807) is 12.1 Å². The number of unbranched alkanes of at least 4 members (excludes halogenated alkanes) is 4. The third-order valence-electron chi connectivity index (χ3n) is 13.9. The van der Waals surface area contributed by atoms with E-state index in [9.17, 15) is 24.3 Å². The first-order valence-electron chi connectivity index (χ1n) is 23.5. The first-order chi connectivity index (χ1) is 30.2. The molecule has 0 radical (unpaired) electrons. The summed E-state index contributed by atoms with van der Waals surface area (Å²) in [5.74, 6) is 1.16. The largest absolute Gasteiger partial charge is 0.756 e. The van der Waals surface area contributed by atoms with Crippen molar-refractivity contribution in [1.29, 1.82) is 0 Å². The fourth-order valence-corrected chi connectivity index (χ4v) is 10.8. The molecule has 4 atom stereocenters. The van der Waals surface area contributed by atoms with Gasteiger partial charge in [-0.3, -0.25) is 9.09 Å². The topological polar surface area (TPSA) is 150 Å². The Kier molecular flexibility index (Phi) is 17.3. The van der Waals surface area contributed by atoms with Crippen LogP contribution in [0.1, 0.15) is 123 Å². The number of rotatable bonds is 23. The van der Waals surface area contributed by atoms with Gasteiger partial charge in [0.05, 0.1) is 25.2 Å². The van der Waals surface area contributed by atoms with Gasteiger partial charge >= 0.3 is 6.09 Å². The van der Waals surface area contributed by atoms with Crippen molar-refractivity contribution < 1.29 is 47.5 Å². The number of quaternary nitrogens is 1. The number of phosphoric acid groups is 1. The minimum atomic E-state index is -4.98. The molecule has 4 heterocycles. The SMILES string of the molecule is O=C(OC1C[N+]2(Cc3cc(C(O)CNCCCCCCOCCCCc4ccccc4)ccc3OCOP(=O)([O-])O)CCC1CC2)N1CCc2ccccc2C1C1CCCCC1. The van der Waals surface area contributed by atoms with Crippen LogP contribution in [0.4, 0.5) is 4.79 Å². The van der Waals surface area contributed by atoms with E-state index in [0.717, 1.165) is 121 Å². The van der Waals surface area contributed by atoms with E-state index < -0.39 is 20.7 Å². The van der Waals surface area contributed by atoms with E-state index in [1.807, 2.05) is 11.0 Å². The molecule has 0 aromatic heterocycles. The first kappa shape index (κ1) is 46.7. The molecular weight excluding hydrogens is 806 g/mol. The number of aliphatic hydroxyl groups excluding tert-OH is 1. The van der Waals surface area contributed by atoms with Crippen LogP contribution in [0.25, 0.3) is 0 Å². The van der Waals surface area contributed by atoms with Gasteiger partial charge in [0.1, 0.15) is 18.8 Å². The van der Waals surface area contributed by atoms with E-state index in [2.05, 4.69) is 64.4 Å². The lowest BCUT2D eigenvalue weighted by molar-refractivity contribution is -0.958. The van der Waals surface area contributed by atoms with E-state index in [1.165, 1.54) is 36.0 Å².